The van der Waals surface area contributed by atoms with E-state index < -0.39 is 12.0 Å². The SMILES string of the molecule is CC(C)(C)c1ccc(OCc2ccc(F)cc2)c(COc2c(Cl)cc(C[C@H](N)C(=O)O)cc2Cl)c1. The molecule has 0 aromatic heterocycles. The lowest BCUT2D eigenvalue weighted by Gasteiger charge is -2.22. The molecule has 186 valence electrons. The Hall–Kier alpha value is -2.80. The fourth-order valence-electron chi connectivity index (χ4n) is 3.40. The van der Waals surface area contributed by atoms with E-state index >= 15 is 0 Å². The Labute approximate surface area is 214 Å². The number of hydrogen-bond acceptors (Lipinski definition) is 4. The van der Waals surface area contributed by atoms with Gasteiger partial charge in [0, 0.05) is 5.56 Å². The van der Waals surface area contributed by atoms with Crippen LogP contribution >= 0.6 is 23.2 Å². The largest absolute Gasteiger partial charge is 0.488 e. The lowest BCUT2D eigenvalue weighted by Crippen LogP contribution is -2.32. The van der Waals surface area contributed by atoms with Crippen LogP contribution in [0.1, 0.15) is 43.0 Å². The van der Waals surface area contributed by atoms with Gasteiger partial charge in [0.15, 0.2) is 5.75 Å². The molecule has 0 heterocycles. The summed E-state index contributed by atoms with van der Waals surface area (Å²) in [4.78, 5) is 11.0. The lowest BCUT2D eigenvalue weighted by atomic mass is 9.86. The number of nitrogens with two attached hydrogens (primary N) is 1. The molecular weight excluding hydrogens is 492 g/mol. The van der Waals surface area contributed by atoms with E-state index in [1.807, 2.05) is 18.2 Å². The molecule has 8 heteroatoms. The third kappa shape index (κ3) is 7.34. The van der Waals surface area contributed by atoms with Gasteiger partial charge in [-0.3, -0.25) is 4.79 Å². The molecule has 5 nitrogen and oxygen atoms in total. The fraction of sp³-hybridized carbons (Fsp3) is 0.296. The number of hydrogen-bond donors (Lipinski definition) is 2. The predicted molar refractivity (Wildman–Crippen MR) is 136 cm³/mol. The number of rotatable bonds is 9. The Kier molecular flexibility index (Phi) is 8.65. The second-order valence-corrected chi connectivity index (χ2v) is 10.1. The van der Waals surface area contributed by atoms with Crippen LogP contribution < -0.4 is 15.2 Å². The molecule has 3 aromatic rings. The van der Waals surface area contributed by atoms with Crippen LogP contribution in [0.25, 0.3) is 0 Å². The van der Waals surface area contributed by atoms with Gasteiger partial charge in [-0.15, -0.1) is 0 Å². The Balaban J connectivity index is 1.82. The van der Waals surface area contributed by atoms with E-state index in [4.69, 9.17) is 43.5 Å². The second-order valence-electron chi connectivity index (χ2n) is 9.31. The van der Waals surface area contributed by atoms with Crippen molar-refractivity contribution in [3.8, 4) is 11.5 Å². The molecule has 0 radical (unpaired) electrons. The molecule has 3 aromatic carbocycles. The van der Waals surface area contributed by atoms with Crippen molar-refractivity contribution in [3.63, 3.8) is 0 Å². The van der Waals surface area contributed by atoms with Crippen LogP contribution in [-0.2, 0) is 29.8 Å². The molecule has 0 unspecified atom stereocenters. The molecular formula is C27H28Cl2FNO4. The molecule has 0 fully saturated rings. The number of carboxylic acid groups (broad SMARTS) is 1. The summed E-state index contributed by atoms with van der Waals surface area (Å²) in [6.45, 7) is 6.74. The van der Waals surface area contributed by atoms with Crippen molar-refractivity contribution in [1.82, 2.24) is 0 Å². The van der Waals surface area contributed by atoms with Crippen LogP contribution in [-0.4, -0.2) is 17.1 Å². The van der Waals surface area contributed by atoms with Crippen LogP contribution in [0.5, 0.6) is 11.5 Å². The Morgan fingerprint density at radius 1 is 0.971 bits per heavy atom. The molecule has 0 saturated carbocycles. The monoisotopic (exact) mass is 519 g/mol. The van der Waals surface area contributed by atoms with Crippen LogP contribution in [0, 0.1) is 5.82 Å². The average Bonchev–Trinajstić information content (AvgIpc) is 2.77. The van der Waals surface area contributed by atoms with Gasteiger partial charge in [0.1, 0.15) is 30.8 Å². The first-order chi connectivity index (χ1) is 16.4. The minimum Gasteiger partial charge on any atom is -0.488 e. The summed E-state index contributed by atoms with van der Waals surface area (Å²) < 4.78 is 25.2. The number of benzene rings is 3. The highest BCUT2D eigenvalue weighted by molar-refractivity contribution is 6.37. The highest BCUT2D eigenvalue weighted by Gasteiger charge is 2.19. The molecule has 1 atom stereocenters. The molecule has 0 aliphatic heterocycles. The average molecular weight is 520 g/mol. The fourth-order valence-corrected chi connectivity index (χ4v) is 4.04. The van der Waals surface area contributed by atoms with Crippen LogP contribution in [0.3, 0.4) is 0 Å². The highest BCUT2D eigenvalue weighted by Crippen LogP contribution is 2.36. The first-order valence-electron chi connectivity index (χ1n) is 11.0. The highest BCUT2D eigenvalue weighted by atomic mass is 35.5. The smallest absolute Gasteiger partial charge is 0.320 e. The van der Waals surface area contributed by atoms with Gasteiger partial charge in [-0.25, -0.2) is 4.39 Å². The van der Waals surface area contributed by atoms with Gasteiger partial charge in [0.2, 0.25) is 0 Å². The third-order valence-corrected chi connectivity index (χ3v) is 6.00. The van der Waals surface area contributed by atoms with Crippen LogP contribution in [0.15, 0.2) is 54.6 Å². The Morgan fingerprint density at radius 3 is 2.17 bits per heavy atom. The first-order valence-corrected chi connectivity index (χ1v) is 11.8. The zero-order valence-corrected chi connectivity index (χ0v) is 21.3. The minimum absolute atomic E-state index is 0.0874. The van der Waals surface area contributed by atoms with E-state index in [1.165, 1.54) is 12.1 Å². The van der Waals surface area contributed by atoms with Crippen molar-refractivity contribution in [2.24, 2.45) is 5.73 Å². The minimum atomic E-state index is -1.11. The Bertz CT molecular complexity index is 1170. The molecule has 0 aliphatic rings. The van der Waals surface area contributed by atoms with Crippen LogP contribution in [0.2, 0.25) is 10.0 Å². The zero-order chi connectivity index (χ0) is 25.8. The summed E-state index contributed by atoms with van der Waals surface area (Å²) in [6.07, 6.45) is 0.0874. The zero-order valence-electron chi connectivity index (χ0n) is 19.8. The summed E-state index contributed by atoms with van der Waals surface area (Å²) >= 11 is 12.8. The number of aliphatic carboxylic acids is 1. The maximum atomic E-state index is 13.2. The van der Waals surface area contributed by atoms with Gasteiger partial charge in [-0.2, -0.15) is 0 Å². The van der Waals surface area contributed by atoms with E-state index in [2.05, 4.69) is 20.8 Å². The van der Waals surface area contributed by atoms with E-state index in [9.17, 15) is 9.18 Å². The topological polar surface area (TPSA) is 81.8 Å². The van der Waals surface area contributed by atoms with Gasteiger partial charge < -0.3 is 20.3 Å². The standard InChI is InChI=1S/C27H28Cl2FNO4/c1-27(2,3)19-6-9-24(34-14-16-4-7-20(30)8-5-16)18(13-19)15-35-25-21(28)10-17(11-22(25)29)12-23(31)26(32)33/h4-11,13,23H,12,14-15,31H2,1-3H3,(H,32,33)/t23-/m0/s1. The van der Waals surface area contributed by atoms with Crippen molar-refractivity contribution in [3.05, 3.63) is 92.7 Å². The summed E-state index contributed by atoms with van der Waals surface area (Å²) in [5.74, 6) is -0.503. The number of halogens is 3. The molecule has 0 amide bonds. The van der Waals surface area contributed by atoms with Crippen molar-refractivity contribution < 1.29 is 23.8 Å². The number of carboxylic acids is 1. The van der Waals surface area contributed by atoms with E-state index in [0.29, 0.717) is 11.3 Å². The van der Waals surface area contributed by atoms with Crippen molar-refractivity contribution in [2.45, 2.75) is 51.9 Å². The number of ether oxygens (including phenoxy) is 2. The summed E-state index contributed by atoms with van der Waals surface area (Å²) in [7, 11) is 0. The molecule has 0 saturated heterocycles. The molecule has 0 spiro atoms. The Morgan fingerprint density at radius 2 is 1.60 bits per heavy atom. The maximum Gasteiger partial charge on any atom is 0.320 e. The van der Waals surface area contributed by atoms with E-state index in [1.54, 1.807) is 24.3 Å². The van der Waals surface area contributed by atoms with E-state index in [-0.39, 0.29) is 46.7 Å². The molecule has 3 N–H and O–H groups in total. The summed E-state index contributed by atoms with van der Waals surface area (Å²) in [6, 6.07) is 14.2. The van der Waals surface area contributed by atoms with Crippen LogP contribution in [0.4, 0.5) is 4.39 Å². The van der Waals surface area contributed by atoms with Gasteiger partial charge in [-0.05, 0) is 64.9 Å². The first kappa shape index (κ1) is 26.8. The van der Waals surface area contributed by atoms with Gasteiger partial charge >= 0.3 is 5.97 Å². The predicted octanol–water partition coefficient (Wildman–Crippen LogP) is 6.54. The summed E-state index contributed by atoms with van der Waals surface area (Å²) in [5.41, 5.74) is 8.85. The normalized spacial score (nSPS) is 12.3. The third-order valence-electron chi connectivity index (χ3n) is 5.44. The van der Waals surface area contributed by atoms with Crippen molar-refractivity contribution in [1.29, 1.82) is 0 Å². The van der Waals surface area contributed by atoms with Gasteiger partial charge in [0.05, 0.1) is 10.0 Å². The second kappa shape index (κ2) is 11.3. The number of carbonyl (C=O) groups is 1. The van der Waals surface area contributed by atoms with Gasteiger partial charge in [-0.1, -0.05) is 62.2 Å². The quantitative estimate of drug-likeness (QED) is 0.335. The molecule has 0 bridgehead atoms. The van der Waals surface area contributed by atoms with Crippen molar-refractivity contribution >= 4 is 29.2 Å². The molecule has 3 rings (SSSR count). The van der Waals surface area contributed by atoms with Gasteiger partial charge in [0.25, 0.3) is 0 Å². The summed E-state index contributed by atoms with van der Waals surface area (Å²) in [5, 5.41) is 9.55. The van der Waals surface area contributed by atoms with Crippen molar-refractivity contribution in [2.75, 3.05) is 0 Å². The van der Waals surface area contributed by atoms with E-state index in [0.717, 1.165) is 16.7 Å². The molecule has 35 heavy (non-hydrogen) atoms. The maximum absolute atomic E-state index is 13.2. The molecule has 0 aliphatic carbocycles. The lowest BCUT2D eigenvalue weighted by molar-refractivity contribution is -0.138.